The Bertz CT molecular complexity index is 1080. The smallest absolute Gasteiger partial charge is 0.270 e. The predicted octanol–water partition coefficient (Wildman–Crippen LogP) is 3.81. The van der Waals surface area contributed by atoms with Crippen LogP contribution in [0.2, 0.25) is 0 Å². The third-order valence-corrected chi connectivity index (χ3v) is 7.15. The van der Waals surface area contributed by atoms with E-state index in [1.807, 2.05) is 4.90 Å². The van der Waals surface area contributed by atoms with Crippen molar-refractivity contribution in [3.63, 3.8) is 0 Å². The highest BCUT2D eigenvalue weighted by Crippen LogP contribution is 2.39. The molecule has 9 heteroatoms. The van der Waals surface area contributed by atoms with Gasteiger partial charge in [0.15, 0.2) is 0 Å². The van der Waals surface area contributed by atoms with Crippen molar-refractivity contribution in [2.75, 3.05) is 29.8 Å². The van der Waals surface area contributed by atoms with E-state index in [0.29, 0.717) is 23.3 Å². The Kier molecular flexibility index (Phi) is 5.38. The van der Waals surface area contributed by atoms with Crippen molar-refractivity contribution in [2.24, 2.45) is 11.8 Å². The number of ether oxygens (including phenoxy) is 1. The number of nitrogens with one attached hydrogen (secondary N) is 1. The van der Waals surface area contributed by atoms with Crippen molar-refractivity contribution in [2.45, 2.75) is 17.7 Å². The molecule has 2 aromatic carbocycles. The minimum absolute atomic E-state index is 0.103. The number of hydrogen-bond acceptors (Lipinski definition) is 6. The molecule has 0 saturated carbocycles. The molecule has 0 aromatic heterocycles. The van der Waals surface area contributed by atoms with Crippen LogP contribution in [0.4, 0.5) is 17.1 Å². The van der Waals surface area contributed by atoms with Gasteiger partial charge in [-0.15, -0.1) is 0 Å². The summed E-state index contributed by atoms with van der Waals surface area (Å²) in [5, 5.41) is 11.3. The lowest BCUT2D eigenvalue weighted by molar-refractivity contribution is -0.385. The first-order valence-corrected chi connectivity index (χ1v) is 11.2. The average molecular weight is 429 g/mol. The fourth-order valence-electron chi connectivity index (χ4n) is 4.23. The monoisotopic (exact) mass is 429 g/mol. The van der Waals surface area contributed by atoms with E-state index in [1.54, 1.807) is 30.3 Å². The van der Waals surface area contributed by atoms with E-state index in [2.05, 4.69) is 16.9 Å². The van der Waals surface area contributed by atoms with Crippen LogP contribution in [-0.4, -0.2) is 33.5 Å². The number of nitro groups is 1. The summed E-state index contributed by atoms with van der Waals surface area (Å²) in [5.74, 6) is 1.29. The van der Waals surface area contributed by atoms with E-state index in [9.17, 15) is 18.5 Å². The molecule has 4 rings (SSSR count). The van der Waals surface area contributed by atoms with Gasteiger partial charge in [0.2, 0.25) is 0 Å². The molecule has 1 aliphatic heterocycles. The van der Waals surface area contributed by atoms with Gasteiger partial charge in [-0.05, 0) is 42.9 Å². The number of anilines is 2. The Morgan fingerprint density at radius 2 is 1.77 bits per heavy atom. The fraction of sp³-hybridized carbons (Fsp3) is 0.333. The van der Waals surface area contributed by atoms with Crippen LogP contribution in [0.25, 0.3) is 0 Å². The van der Waals surface area contributed by atoms with Gasteiger partial charge >= 0.3 is 0 Å². The number of nitro benzene ring substituents is 1. The Balaban J connectivity index is 1.73. The average Bonchev–Trinajstić information content (AvgIpc) is 3.17. The first kappa shape index (κ1) is 20.2. The van der Waals surface area contributed by atoms with E-state index in [-0.39, 0.29) is 16.3 Å². The van der Waals surface area contributed by atoms with Crippen molar-refractivity contribution >= 4 is 27.1 Å². The minimum atomic E-state index is -4.09. The number of allylic oxidation sites excluding steroid dienone is 2. The summed E-state index contributed by atoms with van der Waals surface area (Å²) in [5.41, 5.74) is 0.492. The van der Waals surface area contributed by atoms with Gasteiger partial charge in [0, 0.05) is 25.2 Å². The van der Waals surface area contributed by atoms with Crippen LogP contribution in [0.5, 0.6) is 5.75 Å². The summed E-state index contributed by atoms with van der Waals surface area (Å²) in [6.07, 6.45) is 6.27. The normalized spacial score (nSPS) is 20.6. The second kappa shape index (κ2) is 7.98. The molecule has 1 N–H and O–H groups in total. The molecule has 0 radical (unpaired) electrons. The zero-order valence-corrected chi connectivity index (χ0v) is 17.3. The second-order valence-corrected chi connectivity index (χ2v) is 9.23. The molecule has 30 heavy (non-hydrogen) atoms. The molecule has 2 aromatic rings. The fourth-order valence-corrected chi connectivity index (χ4v) is 5.55. The van der Waals surface area contributed by atoms with Crippen molar-refractivity contribution < 1.29 is 18.1 Å². The van der Waals surface area contributed by atoms with Crippen LogP contribution in [-0.2, 0) is 10.0 Å². The number of nitrogens with zero attached hydrogens (tertiary/aromatic N) is 2. The Morgan fingerprint density at radius 3 is 2.40 bits per heavy atom. The third-order valence-electron chi connectivity index (χ3n) is 5.76. The van der Waals surface area contributed by atoms with Crippen LogP contribution >= 0.6 is 0 Å². The highest BCUT2D eigenvalue weighted by molar-refractivity contribution is 7.93. The lowest BCUT2D eigenvalue weighted by Crippen LogP contribution is -2.24. The van der Waals surface area contributed by atoms with Gasteiger partial charge in [0.05, 0.1) is 23.4 Å². The molecule has 0 amide bonds. The number of sulfonamides is 1. The zero-order valence-electron chi connectivity index (χ0n) is 16.5. The molecule has 8 nitrogen and oxygen atoms in total. The van der Waals surface area contributed by atoms with Crippen LogP contribution < -0.4 is 14.4 Å². The molecule has 1 saturated heterocycles. The lowest BCUT2D eigenvalue weighted by Gasteiger charge is -2.22. The maximum absolute atomic E-state index is 13.3. The molecule has 1 fully saturated rings. The second-order valence-electron chi connectivity index (χ2n) is 7.58. The number of methoxy groups -OCH3 is 1. The van der Waals surface area contributed by atoms with Crippen LogP contribution in [0.3, 0.4) is 0 Å². The molecular weight excluding hydrogens is 406 g/mol. The number of hydrogen-bond donors (Lipinski definition) is 1. The highest BCUT2D eigenvalue weighted by Gasteiger charge is 2.35. The summed E-state index contributed by atoms with van der Waals surface area (Å²) in [4.78, 5) is 12.7. The summed E-state index contributed by atoms with van der Waals surface area (Å²) in [6, 6.07) is 10.7. The van der Waals surface area contributed by atoms with Gasteiger partial charge in [-0.25, -0.2) is 8.42 Å². The molecule has 2 atom stereocenters. The number of benzene rings is 2. The number of para-hydroxylation sites is 2. The maximum Gasteiger partial charge on any atom is 0.270 e. The van der Waals surface area contributed by atoms with Crippen molar-refractivity contribution in [1.82, 2.24) is 0 Å². The van der Waals surface area contributed by atoms with E-state index < -0.39 is 14.9 Å². The largest absolute Gasteiger partial charge is 0.495 e. The van der Waals surface area contributed by atoms with Gasteiger partial charge in [-0.1, -0.05) is 24.3 Å². The Labute approximate surface area is 175 Å². The predicted molar refractivity (Wildman–Crippen MR) is 114 cm³/mol. The molecule has 0 spiro atoms. The van der Waals surface area contributed by atoms with Crippen LogP contribution in [0.1, 0.15) is 12.8 Å². The van der Waals surface area contributed by atoms with Crippen LogP contribution in [0.15, 0.2) is 59.5 Å². The van der Waals surface area contributed by atoms with Crippen molar-refractivity contribution in [3.8, 4) is 5.75 Å². The Morgan fingerprint density at radius 1 is 1.10 bits per heavy atom. The molecular formula is C21H23N3O5S. The van der Waals surface area contributed by atoms with Gasteiger partial charge in [0.1, 0.15) is 10.6 Å². The standard InChI is InChI=1S/C21H23N3O5S/c1-29-20-9-5-4-8-18(20)22-30(27,28)21-12-17(24(25)26)10-11-19(21)23-13-15-6-2-3-7-16(15)14-23/h2-5,8-12,15-16,22H,6-7,13-14H2,1H3. The minimum Gasteiger partial charge on any atom is -0.495 e. The number of rotatable bonds is 6. The summed E-state index contributed by atoms with van der Waals surface area (Å²) < 4.78 is 34.4. The lowest BCUT2D eigenvalue weighted by atomic mass is 9.86. The number of fused-ring (bicyclic) bond motifs is 1. The van der Waals surface area contributed by atoms with E-state index in [4.69, 9.17) is 4.74 Å². The zero-order chi connectivity index (χ0) is 21.3. The molecule has 1 heterocycles. The molecule has 0 bridgehead atoms. The van der Waals surface area contributed by atoms with Crippen LogP contribution in [0, 0.1) is 22.0 Å². The summed E-state index contributed by atoms with van der Waals surface area (Å²) >= 11 is 0. The first-order chi connectivity index (χ1) is 14.4. The van der Waals surface area contributed by atoms with Gasteiger partial charge in [0.25, 0.3) is 15.7 Å². The first-order valence-electron chi connectivity index (χ1n) is 9.73. The quantitative estimate of drug-likeness (QED) is 0.426. The molecule has 2 aliphatic rings. The van der Waals surface area contributed by atoms with Crippen molar-refractivity contribution in [3.05, 3.63) is 64.7 Å². The van der Waals surface area contributed by atoms with E-state index >= 15 is 0 Å². The van der Waals surface area contributed by atoms with E-state index in [0.717, 1.165) is 32.0 Å². The third kappa shape index (κ3) is 3.85. The number of non-ortho nitro benzene ring substituents is 1. The SMILES string of the molecule is COc1ccccc1NS(=O)(=O)c1cc([N+](=O)[O-])ccc1N1CC2CC=CCC2C1. The molecule has 2 unspecified atom stereocenters. The topological polar surface area (TPSA) is 102 Å². The summed E-state index contributed by atoms with van der Waals surface area (Å²) in [6.45, 7) is 1.45. The summed E-state index contributed by atoms with van der Waals surface area (Å²) in [7, 11) is -2.64. The Hall–Kier alpha value is -3.07. The van der Waals surface area contributed by atoms with E-state index in [1.165, 1.54) is 13.2 Å². The molecule has 1 aliphatic carbocycles. The van der Waals surface area contributed by atoms with Gasteiger partial charge in [-0.2, -0.15) is 0 Å². The van der Waals surface area contributed by atoms with Crippen molar-refractivity contribution in [1.29, 1.82) is 0 Å². The maximum atomic E-state index is 13.3. The highest BCUT2D eigenvalue weighted by atomic mass is 32.2. The van der Waals surface area contributed by atoms with Gasteiger partial charge in [-0.3, -0.25) is 14.8 Å². The molecule has 158 valence electrons. The van der Waals surface area contributed by atoms with Gasteiger partial charge < -0.3 is 9.64 Å².